The standard InChI is InChI=1S/C18H23N3O3/c1-23-10-9-19-12-16-7-8-17(13-20-16)24-14-18(22)21-11-15-5-3-2-4-6-15/h2-8,13,19H,9-12,14H2,1H3,(H,21,22). The van der Waals surface area contributed by atoms with Gasteiger partial charge < -0.3 is 20.1 Å². The van der Waals surface area contributed by atoms with Gasteiger partial charge in [-0.3, -0.25) is 9.78 Å². The topological polar surface area (TPSA) is 72.5 Å². The van der Waals surface area contributed by atoms with Gasteiger partial charge in [0.2, 0.25) is 0 Å². The number of nitrogens with one attached hydrogen (secondary N) is 2. The Kier molecular flexibility index (Phi) is 7.73. The summed E-state index contributed by atoms with van der Waals surface area (Å²) in [5, 5.41) is 6.03. The molecule has 1 heterocycles. The van der Waals surface area contributed by atoms with Crippen LogP contribution in [0.4, 0.5) is 0 Å². The Hall–Kier alpha value is -2.44. The van der Waals surface area contributed by atoms with Gasteiger partial charge in [0.1, 0.15) is 5.75 Å². The van der Waals surface area contributed by atoms with Gasteiger partial charge in [-0.25, -0.2) is 0 Å². The smallest absolute Gasteiger partial charge is 0.258 e. The predicted molar refractivity (Wildman–Crippen MR) is 91.6 cm³/mol. The van der Waals surface area contributed by atoms with Crippen molar-refractivity contribution < 1.29 is 14.3 Å². The van der Waals surface area contributed by atoms with E-state index in [4.69, 9.17) is 9.47 Å². The van der Waals surface area contributed by atoms with Crippen LogP contribution >= 0.6 is 0 Å². The Bertz CT molecular complexity index is 603. The van der Waals surface area contributed by atoms with Crippen LogP contribution in [0.5, 0.6) is 5.75 Å². The molecule has 6 heteroatoms. The number of hydrogen-bond donors (Lipinski definition) is 2. The molecule has 0 aliphatic carbocycles. The number of ether oxygens (including phenoxy) is 2. The number of nitrogens with zero attached hydrogens (tertiary/aromatic N) is 1. The predicted octanol–water partition coefficient (Wildman–Crippen LogP) is 1.51. The minimum atomic E-state index is -0.163. The molecular formula is C18H23N3O3. The molecule has 2 aromatic rings. The van der Waals surface area contributed by atoms with Crippen molar-refractivity contribution in [1.82, 2.24) is 15.6 Å². The number of rotatable bonds is 10. The molecule has 0 spiro atoms. The summed E-state index contributed by atoms with van der Waals surface area (Å²) in [5.74, 6) is 0.412. The molecule has 1 aromatic carbocycles. The highest BCUT2D eigenvalue weighted by Gasteiger charge is 2.03. The molecule has 24 heavy (non-hydrogen) atoms. The average Bonchev–Trinajstić information content (AvgIpc) is 2.64. The Morgan fingerprint density at radius 3 is 2.67 bits per heavy atom. The number of carbonyl (C=O) groups is 1. The van der Waals surface area contributed by atoms with Gasteiger partial charge >= 0.3 is 0 Å². The fourth-order valence-corrected chi connectivity index (χ4v) is 1.99. The molecule has 0 aliphatic heterocycles. The highest BCUT2D eigenvalue weighted by molar-refractivity contribution is 5.77. The van der Waals surface area contributed by atoms with Crippen molar-refractivity contribution in [2.24, 2.45) is 0 Å². The molecule has 0 aliphatic rings. The van der Waals surface area contributed by atoms with Crippen LogP contribution < -0.4 is 15.4 Å². The molecule has 0 unspecified atom stereocenters. The molecule has 2 rings (SSSR count). The number of carbonyl (C=O) groups excluding carboxylic acids is 1. The van der Waals surface area contributed by atoms with E-state index in [9.17, 15) is 4.79 Å². The number of amides is 1. The minimum Gasteiger partial charge on any atom is -0.482 e. The lowest BCUT2D eigenvalue weighted by Crippen LogP contribution is -2.28. The van der Waals surface area contributed by atoms with Gasteiger partial charge in [0, 0.05) is 26.7 Å². The summed E-state index contributed by atoms with van der Waals surface area (Å²) in [5.41, 5.74) is 1.96. The molecule has 1 amide bonds. The van der Waals surface area contributed by atoms with Gasteiger partial charge in [-0.15, -0.1) is 0 Å². The van der Waals surface area contributed by atoms with Crippen molar-refractivity contribution in [3.8, 4) is 5.75 Å². The van der Waals surface area contributed by atoms with Crippen LogP contribution in [0.25, 0.3) is 0 Å². The van der Waals surface area contributed by atoms with Crippen molar-refractivity contribution in [3.05, 3.63) is 59.9 Å². The Labute approximate surface area is 142 Å². The molecule has 1 aromatic heterocycles. The summed E-state index contributed by atoms with van der Waals surface area (Å²) in [4.78, 5) is 16.1. The Morgan fingerprint density at radius 1 is 1.12 bits per heavy atom. The molecule has 128 valence electrons. The third kappa shape index (κ3) is 6.76. The van der Waals surface area contributed by atoms with Crippen molar-refractivity contribution in [2.45, 2.75) is 13.1 Å². The van der Waals surface area contributed by atoms with Crippen LogP contribution in [0.1, 0.15) is 11.3 Å². The van der Waals surface area contributed by atoms with E-state index in [1.165, 1.54) is 0 Å². The molecule has 0 saturated heterocycles. The first kappa shape index (κ1) is 17.9. The van der Waals surface area contributed by atoms with Gasteiger partial charge in [0.25, 0.3) is 5.91 Å². The molecule has 2 N–H and O–H groups in total. The molecule has 0 bridgehead atoms. The van der Waals surface area contributed by atoms with Gasteiger partial charge in [0.15, 0.2) is 6.61 Å². The van der Waals surface area contributed by atoms with E-state index in [2.05, 4.69) is 15.6 Å². The number of methoxy groups -OCH3 is 1. The van der Waals surface area contributed by atoms with Crippen LogP contribution in [0.3, 0.4) is 0 Å². The van der Waals surface area contributed by atoms with Crippen LogP contribution in [-0.4, -0.2) is 37.8 Å². The average molecular weight is 329 g/mol. The number of hydrogen-bond acceptors (Lipinski definition) is 5. The lowest BCUT2D eigenvalue weighted by Gasteiger charge is -2.08. The molecule has 0 saturated carbocycles. The Balaban J connectivity index is 1.67. The van der Waals surface area contributed by atoms with Crippen LogP contribution in [0.2, 0.25) is 0 Å². The number of aromatic nitrogens is 1. The lowest BCUT2D eigenvalue weighted by atomic mass is 10.2. The first-order chi connectivity index (χ1) is 11.8. The van der Waals surface area contributed by atoms with Gasteiger partial charge in [0.05, 0.1) is 18.5 Å². The summed E-state index contributed by atoms with van der Waals surface area (Å²) in [7, 11) is 1.67. The quantitative estimate of drug-likeness (QED) is 0.647. The third-order valence-corrected chi connectivity index (χ3v) is 3.29. The number of benzene rings is 1. The lowest BCUT2D eigenvalue weighted by molar-refractivity contribution is -0.123. The summed E-state index contributed by atoms with van der Waals surface area (Å²) in [6.45, 7) is 2.58. The monoisotopic (exact) mass is 329 g/mol. The number of pyridine rings is 1. The second-order valence-corrected chi connectivity index (χ2v) is 5.21. The maximum Gasteiger partial charge on any atom is 0.258 e. The van der Waals surface area contributed by atoms with Gasteiger partial charge in [-0.2, -0.15) is 0 Å². The second-order valence-electron chi connectivity index (χ2n) is 5.21. The third-order valence-electron chi connectivity index (χ3n) is 3.29. The fraction of sp³-hybridized carbons (Fsp3) is 0.333. The van der Waals surface area contributed by atoms with E-state index in [0.717, 1.165) is 17.8 Å². The fourth-order valence-electron chi connectivity index (χ4n) is 1.99. The Morgan fingerprint density at radius 2 is 1.96 bits per heavy atom. The summed E-state index contributed by atoms with van der Waals surface area (Å²) in [6, 6.07) is 13.4. The summed E-state index contributed by atoms with van der Waals surface area (Å²) >= 11 is 0. The first-order valence-corrected chi connectivity index (χ1v) is 7.86. The highest BCUT2D eigenvalue weighted by Crippen LogP contribution is 2.08. The maximum absolute atomic E-state index is 11.8. The largest absolute Gasteiger partial charge is 0.482 e. The van der Waals surface area contributed by atoms with Gasteiger partial charge in [-0.05, 0) is 17.7 Å². The van der Waals surface area contributed by atoms with Crippen LogP contribution in [0, 0.1) is 0 Å². The van der Waals surface area contributed by atoms with E-state index < -0.39 is 0 Å². The minimum absolute atomic E-state index is 0.0278. The van der Waals surface area contributed by atoms with Crippen molar-refractivity contribution in [3.63, 3.8) is 0 Å². The summed E-state index contributed by atoms with van der Waals surface area (Å²) < 4.78 is 10.4. The SMILES string of the molecule is COCCNCc1ccc(OCC(=O)NCc2ccccc2)cn1. The molecule has 0 fully saturated rings. The van der Waals surface area contributed by atoms with E-state index in [-0.39, 0.29) is 12.5 Å². The first-order valence-electron chi connectivity index (χ1n) is 7.86. The normalized spacial score (nSPS) is 10.4. The molecule has 0 radical (unpaired) electrons. The van der Waals surface area contributed by atoms with E-state index in [1.54, 1.807) is 13.3 Å². The summed E-state index contributed by atoms with van der Waals surface area (Å²) in [6.07, 6.45) is 1.62. The second kappa shape index (κ2) is 10.4. The maximum atomic E-state index is 11.8. The van der Waals surface area contributed by atoms with Crippen molar-refractivity contribution >= 4 is 5.91 Å². The van der Waals surface area contributed by atoms with Crippen molar-refractivity contribution in [2.75, 3.05) is 26.9 Å². The van der Waals surface area contributed by atoms with Crippen molar-refractivity contribution in [1.29, 1.82) is 0 Å². The zero-order valence-electron chi connectivity index (χ0n) is 13.8. The molecule has 0 atom stereocenters. The van der Waals surface area contributed by atoms with Crippen LogP contribution in [0.15, 0.2) is 48.7 Å². The zero-order chi connectivity index (χ0) is 17.0. The molecule has 6 nitrogen and oxygen atoms in total. The van der Waals surface area contributed by atoms with E-state index >= 15 is 0 Å². The van der Waals surface area contributed by atoms with E-state index in [0.29, 0.717) is 25.4 Å². The van der Waals surface area contributed by atoms with Crippen LogP contribution in [-0.2, 0) is 22.6 Å². The zero-order valence-corrected chi connectivity index (χ0v) is 13.8. The highest BCUT2D eigenvalue weighted by atomic mass is 16.5. The van der Waals surface area contributed by atoms with E-state index in [1.807, 2.05) is 42.5 Å². The van der Waals surface area contributed by atoms with Gasteiger partial charge in [-0.1, -0.05) is 30.3 Å². The molecular weight excluding hydrogens is 306 g/mol.